The van der Waals surface area contributed by atoms with E-state index in [1.807, 2.05) is 0 Å². The molecular formula is C13H17N3O4. The molecule has 2 aliphatic heterocycles. The molecule has 7 nitrogen and oxygen atoms in total. The van der Waals surface area contributed by atoms with Gasteiger partial charge in [0.1, 0.15) is 11.4 Å². The predicted octanol–water partition coefficient (Wildman–Crippen LogP) is 1.76. The van der Waals surface area contributed by atoms with Crippen molar-refractivity contribution in [3.63, 3.8) is 0 Å². The molecule has 108 valence electrons. The average Bonchev–Trinajstić information content (AvgIpc) is 2.44. The lowest BCUT2D eigenvalue weighted by atomic mass is 9.86. The summed E-state index contributed by atoms with van der Waals surface area (Å²) in [4.78, 5) is 16.6. The van der Waals surface area contributed by atoms with Gasteiger partial charge in [-0.1, -0.05) is 0 Å². The van der Waals surface area contributed by atoms with E-state index in [9.17, 15) is 10.1 Å². The molecule has 3 heterocycles. The molecule has 1 aromatic heterocycles. The number of ether oxygens (including phenoxy) is 2. The van der Waals surface area contributed by atoms with E-state index < -0.39 is 4.92 Å². The maximum absolute atomic E-state index is 10.8. The summed E-state index contributed by atoms with van der Waals surface area (Å²) in [5.74, 6) is 0.755. The normalized spacial score (nSPS) is 20.6. The Balaban J connectivity index is 1.74. The second-order valence-electron chi connectivity index (χ2n) is 5.30. The number of aromatic nitrogens is 1. The van der Waals surface area contributed by atoms with Crippen molar-refractivity contribution >= 4 is 11.5 Å². The SMILES string of the molecule is COc1nc(N2CC3(CCCCO3)C2)ccc1[N+](=O)[O-]. The van der Waals surface area contributed by atoms with Crippen LogP contribution in [-0.2, 0) is 4.74 Å². The van der Waals surface area contributed by atoms with Gasteiger partial charge in [0.05, 0.1) is 25.1 Å². The molecule has 20 heavy (non-hydrogen) atoms. The Morgan fingerprint density at radius 1 is 1.45 bits per heavy atom. The predicted molar refractivity (Wildman–Crippen MR) is 72.2 cm³/mol. The maximum atomic E-state index is 10.8. The first-order chi connectivity index (χ1) is 9.63. The van der Waals surface area contributed by atoms with Crippen LogP contribution in [0.1, 0.15) is 19.3 Å². The molecule has 2 saturated heterocycles. The van der Waals surface area contributed by atoms with Crippen LogP contribution in [0.25, 0.3) is 0 Å². The van der Waals surface area contributed by atoms with Crippen LogP contribution in [-0.4, -0.2) is 42.3 Å². The Morgan fingerprint density at radius 3 is 2.85 bits per heavy atom. The molecule has 0 saturated carbocycles. The highest BCUT2D eigenvalue weighted by molar-refractivity contribution is 5.52. The van der Waals surface area contributed by atoms with Crippen LogP contribution in [0.15, 0.2) is 12.1 Å². The topological polar surface area (TPSA) is 77.7 Å². The Labute approximate surface area is 116 Å². The van der Waals surface area contributed by atoms with Gasteiger partial charge < -0.3 is 14.4 Å². The largest absolute Gasteiger partial charge is 0.476 e. The number of hydrogen-bond acceptors (Lipinski definition) is 6. The third-order valence-electron chi connectivity index (χ3n) is 3.93. The summed E-state index contributed by atoms with van der Waals surface area (Å²) in [5, 5.41) is 10.8. The minimum atomic E-state index is -0.489. The van der Waals surface area contributed by atoms with Crippen LogP contribution in [0.3, 0.4) is 0 Å². The Hall–Kier alpha value is -1.89. The fourth-order valence-corrected chi connectivity index (χ4v) is 2.86. The molecule has 0 bridgehead atoms. The molecular weight excluding hydrogens is 262 g/mol. The van der Waals surface area contributed by atoms with Gasteiger partial charge in [-0.15, -0.1) is 0 Å². The molecule has 0 unspecified atom stereocenters. The van der Waals surface area contributed by atoms with Crippen molar-refractivity contribution in [1.29, 1.82) is 0 Å². The van der Waals surface area contributed by atoms with Gasteiger partial charge in [0.25, 0.3) is 5.88 Å². The zero-order valence-corrected chi connectivity index (χ0v) is 11.4. The number of nitro groups is 1. The van der Waals surface area contributed by atoms with E-state index >= 15 is 0 Å². The van der Waals surface area contributed by atoms with Gasteiger partial charge in [0, 0.05) is 12.7 Å². The quantitative estimate of drug-likeness (QED) is 0.619. The van der Waals surface area contributed by atoms with Crippen molar-refractivity contribution in [3.05, 3.63) is 22.2 Å². The summed E-state index contributed by atoms with van der Waals surface area (Å²) in [6.45, 7) is 2.41. The molecule has 0 radical (unpaired) electrons. The number of hydrogen-bond donors (Lipinski definition) is 0. The molecule has 0 aliphatic carbocycles. The summed E-state index contributed by atoms with van der Waals surface area (Å²) in [6, 6.07) is 3.10. The molecule has 3 rings (SSSR count). The van der Waals surface area contributed by atoms with Crippen molar-refractivity contribution in [2.75, 3.05) is 31.7 Å². The van der Waals surface area contributed by atoms with E-state index in [1.54, 1.807) is 6.07 Å². The van der Waals surface area contributed by atoms with Crippen LogP contribution in [0.2, 0.25) is 0 Å². The van der Waals surface area contributed by atoms with Crippen molar-refractivity contribution < 1.29 is 14.4 Å². The summed E-state index contributed by atoms with van der Waals surface area (Å²) in [5.41, 5.74) is -0.144. The van der Waals surface area contributed by atoms with Crippen LogP contribution >= 0.6 is 0 Å². The van der Waals surface area contributed by atoms with Gasteiger partial charge in [-0.25, -0.2) is 0 Å². The molecule has 0 atom stereocenters. The van der Waals surface area contributed by atoms with Crippen molar-refractivity contribution in [2.45, 2.75) is 24.9 Å². The molecule has 0 N–H and O–H groups in total. The molecule has 1 aromatic rings. The summed E-state index contributed by atoms with van der Waals surface area (Å²) in [6.07, 6.45) is 3.41. The molecule has 7 heteroatoms. The highest BCUT2D eigenvalue weighted by atomic mass is 16.6. The van der Waals surface area contributed by atoms with E-state index in [-0.39, 0.29) is 17.2 Å². The summed E-state index contributed by atoms with van der Waals surface area (Å²) in [7, 11) is 1.39. The van der Waals surface area contributed by atoms with Gasteiger partial charge in [-0.2, -0.15) is 4.98 Å². The standard InChI is InChI=1S/C13H17N3O4/c1-19-12-10(16(17)18)4-5-11(14-12)15-8-13(9-15)6-2-3-7-20-13/h4-5H,2-3,6-9H2,1H3. The van der Waals surface area contributed by atoms with Gasteiger partial charge in [0.15, 0.2) is 0 Å². The summed E-state index contributed by atoms with van der Waals surface area (Å²) < 4.78 is 10.9. The number of rotatable bonds is 3. The van der Waals surface area contributed by atoms with E-state index in [1.165, 1.54) is 19.6 Å². The van der Waals surface area contributed by atoms with Crippen LogP contribution in [0, 0.1) is 10.1 Å². The monoisotopic (exact) mass is 279 g/mol. The van der Waals surface area contributed by atoms with Crippen molar-refractivity contribution in [3.8, 4) is 5.88 Å². The third kappa shape index (κ3) is 2.18. The minimum Gasteiger partial charge on any atom is -0.476 e. The molecule has 2 fully saturated rings. The van der Waals surface area contributed by atoms with Gasteiger partial charge in [0.2, 0.25) is 0 Å². The zero-order valence-electron chi connectivity index (χ0n) is 11.4. The first-order valence-corrected chi connectivity index (χ1v) is 6.72. The third-order valence-corrected chi connectivity index (χ3v) is 3.93. The average molecular weight is 279 g/mol. The molecule has 0 amide bonds. The van der Waals surface area contributed by atoms with Crippen LogP contribution < -0.4 is 9.64 Å². The molecule has 1 spiro atoms. The molecule has 0 aromatic carbocycles. The van der Waals surface area contributed by atoms with Crippen LogP contribution in [0.5, 0.6) is 5.88 Å². The van der Waals surface area contributed by atoms with Crippen LogP contribution in [0.4, 0.5) is 11.5 Å². The highest BCUT2D eigenvalue weighted by Crippen LogP contribution is 2.37. The van der Waals surface area contributed by atoms with E-state index in [4.69, 9.17) is 9.47 Å². The van der Waals surface area contributed by atoms with Gasteiger partial charge >= 0.3 is 5.69 Å². The molecule has 2 aliphatic rings. The summed E-state index contributed by atoms with van der Waals surface area (Å²) >= 11 is 0. The lowest BCUT2D eigenvalue weighted by Gasteiger charge is -2.52. The van der Waals surface area contributed by atoms with E-state index in [2.05, 4.69) is 9.88 Å². The maximum Gasteiger partial charge on any atom is 0.331 e. The number of nitrogens with zero attached hydrogens (tertiary/aromatic N) is 3. The fourth-order valence-electron chi connectivity index (χ4n) is 2.86. The van der Waals surface area contributed by atoms with E-state index in [0.717, 1.165) is 32.5 Å². The Kier molecular flexibility index (Phi) is 3.21. The van der Waals surface area contributed by atoms with Gasteiger partial charge in [-0.05, 0) is 25.3 Å². The van der Waals surface area contributed by atoms with Crippen molar-refractivity contribution in [2.24, 2.45) is 0 Å². The number of pyridine rings is 1. The second-order valence-corrected chi connectivity index (χ2v) is 5.30. The zero-order chi connectivity index (χ0) is 14.2. The second kappa shape index (κ2) is 4.90. The highest BCUT2D eigenvalue weighted by Gasteiger charge is 2.45. The minimum absolute atomic E-state index is 0.0328. The Bertz CT molecular complexity index is 520. The number of methoxy groups -OCH3 is 1. The number of anilines is 1. The Morgan fingerprint density at radius 2 is 2.25 bits per heavy atom. The fraction of sp³-hybridized carbons (Fsp3) is 0.615. The first-order valence-electron chi connectivity index (χ1n) is 6.72. The van der Waals surface area contributed by atoms with Crippen molar-refractivity contribution in [1.82, 2.24) is 4.98 Å². The smallest absolute Gasteiger partial charge is 0.331 e. The van der Waals surface area contributed by atoms with E-state index in [0.29, 0.717) is 5.82 Å². The lowest BCUT2D eigenvalue weighted by molar-refractivity contribution is -0.386. The first kappa shape index (κ1) is 13.1. The lowest BCUT2D eigenvalue weighted by Crippen LogP contribution is -2.64. The van der Waals surface area contributed by atoms with Gasteiger partial charge in [-0.3, -0.25) is 10.1 Å².